The first-order valence-corrected chi connectivity index (χ1v) is 12.2. The second-order valence-electron chi connectivity index (χ2n) is 7.54. The van der Waals surface area contributed by atoms with Gasteiger partial charge in [-0.05, 0) is 62.0 Å². The van der Waals surface area contributed by atoms with Crippen LogP contribution in [0.5, 0.6) is 0 Å². The van der Waals surface area contributed by atoms with E-state index in [9.17, 15) is 9.59 Å². The van der Waals surface area contributed by atoms with Gasteiger partial charge in [0.05, 0.1) is 17.2 Å². The molecule has 0 bridgehead atoms. The molecule has 0 unspecified atom stereocenters. The van der Waals surface area contributed by atoms with Crippen molar-refractivity contribution in [2.24, 2.45) is 4.99 Å². The molecule has 0 aliphatic carbocycles. The fraction of sp³-hybridized carbons (Fsp3) is 0.160. The van der Waals surface area contributed by atoms with E-state index in [1.807, 2.05) is 31.2 Å². The van der Waals surface area contributed by atoms with Crippen LogP contribution in [0, 0.1) is 6.92 Å². The van der Waals surface area contributed by atoms with E-state index >= 15 is 0 Å². The van der Waals surface area contributed by atoms with Crippen LogP contribution in [-0.2, 0) is 9.53 Å². The van der Waals surface area contributed by atoms with Gasteiger partial charge in [0.1, 0.15) is 16.3 Å². The van der Waals surface area contributed by atoms with Gasteiger partial charge < -0.3 is 14.5 Å². The summed E-state index contributed by atoms with van der Waals surface area (Å²) in [5.74, 6) is -0.670. The average Bonchev–Trinajstić information content (AvgIpc) is 3.27. The second-order valence-corrected chi connectivity index (χ2v) is 9.37. The lowest BCUT2D eigenvalue weighted by molar-refractivity contribution is -0.121. The number of amides is 1. The van der Waals surface area contributed by atoms with Crippen molar-refractivity contribution < 1.29 is 18.7 Å². The number of carbonyl (C=O) groups excluding carboxylic acids is 2. The van der Waals surface area contributed by atoms with Crippen LogP contribution >= 0.6 is 35.0 Å². The summed E-state index contributed by atoms with van der Waals surface area (Å²) >= 11 is 13.7. The predicted molar refractivity (Wildman–Crippen MR) is 141 cm³/mol. The van der Waals surface area contributed by atoms with Gasteiger partial charge in [0.25, 0.3) is 5.91 Å². The molecule has 1 N–H and O–H groups in total. The largest absolute Gasteiger partial charge is 0.462 e. The minimum absolute atomic E-state index is 0.0346. The van der Waals surface area contributed by atoms with Gasteiger partial charge in [0.2, 0.25) is 5.88 Å². The summed E-state index contributed by atoms with van der Waals surface area (Å²) in [5, 5.41) is 4.14. The monoisotopic (exact) mass is 529 g/mol. The minimum Gasteiger partial charge on any atom is -0.462 e. The Bertz CT molecular complexity index is 1330. The fourth-order valence-electron chi connectivity index (χ4n) is 3.16. The Morgan fingerprint density at radius 1 is 1.17 bits per heavy atom. The summed E-state index contributed by atoms with van der Waals surface area (Å²) in [6.45, 7) is 3.85. The summed E-state index contributed by atoms with van der Waals surface area (Å²) in [6.07, 6.45) is 1.50. The van der Waals surface area contributed by atoms with Gasteiger partial charge in [0.15, 0.2) is 5.17 Å². The Kier molecular flexibility index (Phi) is 7.54. The van der Waals surface area contributed by atoms with E-state index in [4.69, 9.17) is 32.4 Å². The fourth-order valence-corrected chi connectivity index (χ4v) is 4.50. The molecule has 10 heteroatoms. The number of anilines is 2. The number of hydrogen-bond donors (Lipinski definition) is 1. The molecule has 3 aromatic rings. The zero-order valence-corrected chi connectivity index (χ0v) is 21.4. The molecule has 35 heavy (non-hydrogen) atoms. The number of benzene rings is 2. The molecule has 1 fully saturated rings. The van der Waals surface area contributed by atoms with E-state index in [1.54, 1.807) is 38.2 Å². The van der Waals surface area contributed by atoms with E-state index in [0.717, 1.165) is 11.3 Å². The predicted octanol–water partition coefficient (Wildman–Crippen LogP) is 7.05. The third-order valence-electron chi connectivity index (χ3n) is 4.98. The maximum Gasteiger partial charge on any atom is 0.345 e. The normalized spacial score (nSPS) is 15.8. The van der Waals surface area contributed by atoms with Crippen LogP contribution < -0.4 is 5.32 Å². The average molecular weight is 530 g/mol. The molecule has 1 aromatic heterocycles. The van der Waals surface area contributed by atoms with Crippen LogP contribution in [-0.4, -0.2) is 35.6 Å². The van der Waals surface area contributed by atoms with Crippen LogP contribution in [0.15, 0.2) is 62.8 Å². The Labute approximate surface area is 216 Å². The molecule has 4 rings (SSSR count). The number of esters is 1. The minimum atomic E-state index is -0.647. The number of nitrogens with one attached hydrogen (secondary N) is 1. The first kappa shape index (κ1) is 24.9. The third kappa shape index (κ3) is 5.56. The molecule has 1 amide bonds. The van der Waals surface area contributed by atoms with Crippen molar-refractivity contribution in [2.75, 3.05) is 19.0 Å². The molecule has 2 heterocycles. The zero-order valence-electron chi connectivity index (χ0n) is 19.1. The van der Waals surface area contributed by atoms with Gasteiger partial charge in [-0.2, -0.15) is 0 Å². The highest BCUT2D eigenvalue weighted by Crippen LogP contribution is 2.39. The summed E-state index contributed by atoms with van der Waals surface area (Å²) in [7, 11) is 1.64. The summed E-state index contributed by atoms with van der Waals surface area (Å²) in [4.78, 5) is 31.9. The van der Waals surface area contributed by atoms with Gasteiger partial charge in [-0.3, -0.25) is 9.69 Å². The molecular weight excluding hydrogens is 509 g/mol. The molecule has 1 saturated heterocycles. The number of aryl methyl sites for hydroxylation is 1. The topological polar surface area (TPSA) is 84.1 Å². The SMILES string of the molecule is CCOC(=O)c1c(Nc2ccc(Cl)cc2)oc(/C=C2\SC(=Nc3ccc(C)cc3)N(C)C2=O)c1Cl. The quantitative estimate of drug-likeness (QED) is 0.272. The number of amidine groups is 1. The van der Waals surface area contributed by atoms with Crippen LogP contribution in [0.3, 0.4) is 0 Å². The Hall–Kier alpha value is -3.20. The number of carbonyl (C=O) groups is 2. The molecule has 2 aromatic carbocycles. The summed E-state index contributed by atoms with van der Waals surface area (Å²) < 4.78 is 11.0. The number of nitrogens with zero attached hydrogens (tertiary/aromatic N) is 2. The number of aliphatic imine (C=N–C) groups is 1. The first-order chi connectivity index (χ1) is 16.8. The molecule has 7 nitrogen and oxygen atoms in total. The number of furan rings is 1. The van der Waals surface area contributed by atoms with Crippen molar-refractivity contribution in [3.05, 3.63) is 80.4 Å². The Balaban J connectivity index is 1.68. The molecule has 1 aliphatic rings. The Morgan fingerprint density at radius 3 is 2.51 bits per heavy atom. The van der Waals surface area contributed by atoms with Crippen molar-refractivity contribution in [1.82, 2.24) is 4.90 Å². The summed E-state index contributed by atoms with van der Waals surface area (Å²) in [5.41, 5.74) is 2.51. The van der Waals surface area contributed by atoms with Gasteiger partial charge in [-0.25, -0.2) is 9.79 Å². The van der Waals surface area contributed by atoms with E-state index in [1.165, 1.54) is 22.7 Å². The van der Waals surface area contributed by atoms with Crippen LogP contribution in [0.2, 0.25) is 10.0 Å². The maximum atomic E-state index is 12.9. The molecule has 180 valence electrons. The number of ether oxygens (including phenoxy) is 1. The molecule has 0 radical (unpaired) electrons. The van der Waals surface area contributed by atoms with Gasteiger partial charge >= 0.3 is 5.97 Å². The van der Waals surface area contributed by atoms with Crippen molar-refractivity contribution in [3.8, 4) is 0 Å². The standard InChI is InChI=1S/C25H21Cl2N3O4S/c1-4-33-24(32)20-21(27)18(34-22(20)28-16-11-7-15(26)8-12-16)13-19-23(31)30(3)25(35-19)29-17-9-5-14(2)6-10-17/h5-13,28H,4H2,1-3H3/b19-13-,29-25?. The number of halogens is 2. The highest BCUT2D eigenvalue weighted by molar-refractivity contribution is 8.18. The second kappa shape index (κ2) is 10.6. The third-order valence-corrected chi connectivity index (χ3v) is 6.67. The highest BCUT2D eigenvalue weighted by Gasteiger charge is 2.32. The van der Waals surface area contributed by atoms with E-state index in [-0.39, 0.29) is 34.7 Å². The van der Waals surface area contributed by atoms with Gasteiger partial charge in [-0.1, -0.05) is 40.9 Å². The molecule has 0 atom stereocenters. The molecule has 1 aliphatic heterocycles. The molecular formula is C25H21Cl2N3O4S. The van der Waals surface area contributed by atoms with Crippen LogP contribution in [0.1, 0.15) is 28.6 Å². The van der Waals surface area contributed by atoms with E-state index in [0.29, 0.717) is 20.8 Å². The molecule has 0 spiro atoms. The van der Waals surface area contributed by atoms with Crippen molar-refractivity contribution in [2.45, 2.75) is 13.8 Å². The number of thioether (sulfide) groups is 1. The highest BCUT2D eigenvalue weighted by atomic mass is 35.5. The maximum absolute atomic E-state index is 12.9. The van der Waals surface area contributed by atoms with Crippen molar-refractivity contribution in [1.29, 1.82) is 0 Å². The van der Waals surface area contributed by atoms with Crippen molar-refractivity contribution in [3.63, 3.8) is 0 Å². The molecule has 0 saturated carbocycles. The smallest absolute Gasteiger partial charge is 0.345 e. The van der Waals surface area contributed by atoms with Gasteiger partial charge in [0, 0.05) is 23.8 Å². The number of likely N-dealkylation sites (N-methyl/N-ethyl adjacent to an activating group) is 1. The lowest BCUT2D eigenvalue weighted by Crippen LogP contribution is -2.23. The lowest BCUT2D eigenvalue weighted by Gasteiger charge is -2.07. The van der Waals surface area contributed by atoms with E-state index in [2.05, 4.69) is 10.3 Å². The van der Waals surface area contributed by atoms with Gasteiger partial charge in [-0.15, -0.1) is 0 Å². The lowest BCUT2D eigenvalue weighted by atomic mass is 10.2. The van der Waals surface area contributed by atoms with Crippen molar-refractivity contribution >= 4 is 75.3 Å². The Morgan fingerprint density at radius 2 is 1.86 bits per heavy atom. The first-order valence-electron chi connectivity index (χ1n) is 10.6. The summed E-state index contributed by atoms with van der Waals surface area (Å²) in [6, 6.07) is 14.5. The number of hydrogen-bond acceptors (Lipinski definition) is 7. The zero-order chi connectivity index (χ0) is 25.1. The number of rotatable bonds is 6. The van der Waals surface area contributed by atoms with Crippen LogP contribution in [0.25, 0.3) is 6.08 Å². The van der Waals surface area contributed by atoms with Crippen LogP contribution in [0.4, 0.5) is 17.3 Å². The van der Waals surface area contributed by atoms with E-state index < -0.39 is 5.97 Å².